The number of phenols is 1. The Bertz CT molecular complexity index is 370. The van der Waals surface area contributed by atoms with Crippen molar-refractivity contribution in [2.24, 2.45) is 0 Å². The van der Waals surface area contributed by atoms with E-state index in [9.17, 15) is 5.11 Å². The molecule has 0 spiro atoms. The molecular formula is C13H19NO2. The molecule has 0 aliphatic carbocycles. The maximum absolute atomic E-state index is 9.88. The highest BCUT2D eigenvalue weighted by atomic mass is 16.5. The fourth-order valence-corrected chi connectivity index (χ4v) is 1.98. The zero-order valence-corrected chi connectivity index (χ0v) is 9.92. The van der Waals surface area contributed by atoms with Crippen molar-refractivity contribution in [2.45, 2.75) is 32.4 Å². The van der Waals surface area contributed by atoms with Gasteiger partial charge in [0, 0.05) is 24.3 Å². The van der Waals surface area contributed by atoms with Crippen LogP contribution in [0, 0.1) is 6.92 Å². The van der Waals surface area contributed by atoms with E-state index < -0.39 is 0 Å². The molecule has 1 unspecified atom stereocenters. The number of hydrogen-bond acceptors (Lipinski definition) is 3. The molecule has 0 bridgehead atoms. The molecule has 3 nitrogen and oxygen atoms in total. The molecule has 1 fully saturated rings. The third-order valence-electron chi connectivity index (χ3n) is 3.25. The zero-order valence-electron chi connectivity index (χ0n) is 9.92. The largest absolute Gasteiger partial charge is 0.507 e. The van der Waals surface area contributed by atoms with Crippen LogP contribution in [0.25, 0.3) is 0 Å². The van der Waals surface area contributed by atoms with Crippen LogP contribution in [0.1, 0.15) is 24.5 Å². The summed E-state index contributed by atoms with van der Waals surface area (Å²) in [6, 6.07) is 5.84. The Balaban J connectivity index is 2.02. The van der Waals surface area contributed by atoms with Gasteiger partial charge in [-0.25, -0.2) is 0 Å². The summed E-state index contributed by atoms with van der Waals surface area (Å²) in [5, 5.41) is 13.3. The van der Waals surface area contributed by atoms with Gasteiger partial charge in [-0.1, -0.05) is 18.2 Å². The number of phenolic OH excluding ortho intramolecular Hbond substituents is 1. The maximum atomic E-state index is 9.88. The van der Waals surface area contributed by atoms with Crippen molar-refractivity contribution in [3.8, 4) is 5.75 Å². The van der Waals surface area contributed by atoms with E-state index in [0.717, 1.165) is 30.8 Å². The van der Waals surface area contributed by atoms with Crippen molar-refractivity contribution in [1.82, 2.24) is 5.32 Å². The lowest BCUT2D eigenvalue weighted by atomic mass is 10.0. The lowest BCUT2D eigenvalue weighted by molar-refractivity contribution is 0.171. The van der Waals surface area contributed by atoms with E-state index in [4.69, 9.17) is 4.74 Å². The second-order valence-corrected chi connectivity index (χ2v) is 4.80. The fourth-order valence-electron chi connectivity index (χ4n) is 1.98. The van der Waals surface area contributed by atoms with Crippen LogP contribution >= 0.6 is 0 Å². The Morgan fingerprint density at radius 3 is 3.00 bits per heavy atom. The highest BCUT2D eigenvalue weighted by Gasteiger charge is 2.28. The van der Waals surface area contributed by atoms with Crippen LogP contribution in [0.3, 0.4) is 0 Å². The smallest absolute Gasteiger partial charge is 0.122 e. The van der Waals surface area contributed by atoms with E-state index >= 15 is 0 Å². The molecule has 16 heavy (non-hydrogen) atoms. The molecule has 1 saturated heterocycles. The summed E-state index contributed by atoms with van der Waals surface area (Å²) in [7, 11) is 0. The van der Waals surface area contributed by atoms with Crippen LogP contribution in [-0.4, -0.2) is 23.9 Å². The van der Waals surface area contributed by atoms with Gasteiger partial charge >= 0.3 is 0 Å². The van der Waals surface area contributed by atoms with Crippen LogP contribution in [0.15, 0.2) is 18.2 Å². The second kappa shape index (κ2) is 4.44. The van der Waals surface area contributed by atoms with Gasteiger partial charge < -0.3 is 15.2 Å². The molecule has 1 aliphatic rings. The van der Waals surface area contributed by atoms with Gasteiger partial charge in [0.1, 0.15) is 5.75 Å². The van der Waals surface area contributed by atoms with Crippen molar-refractivity contribution in [2.75, 3.05) is 13.2 Å². The molecule has 2 rings (SSSR count). The second-order valence-electron chi connectivity index (χ2n) is 4.80. The minimum atomic E-state index is 0.0518. The van der Waals surface area contributed by atoms with Crippen LogP contribution in [0.4, 0.5) is 0 Å². The maximum Gasteiger partial charge on any atom is 0.122 e. The number of para-hydroxylation sites is 1. The van der Waals surface area contributed by atoms with Crippen LogP contribution < -0.4 is 5.32 Å². The molecule has 1 atom stereocenters. The Kier molecular flexibility index (Phi) is 3.17. The lowest BCUT2D eigenvalue weighted by Crippen LogP contribution is -2.42. The number of aryl methyl sites for hydroxylation is 1. The fraction of sp³-hybridized carbons (Fsp3) is 0.538. The summed E-state index contributed by atoms with van der Waals surface area (Å²) in [5.41, 5.74) is 1.93. The van der Waals surface area contributed by atoms with Gasteiger partial charge in [0.2, 0.25) is 0 Å². The highest BCUT2D eigenvalue weighted by Crippen LogP contribution is 2.23. The Morgan fingerprint density at radius 2 is 2.31 bits per heavy atom. The third kappa shape index (κ3) is 2.36. The van der Waals surface area contributed by atoms with E-state index in [-0.39, 0.29) is 5.54 Å². The summed E-state index contributed by atoms with van der Waals surface area (Å²) in [6.45, 7) is 6.34. The standard InChI is InChI=1S/C13H19NO2/c1-10-4-3-5-11(12(10)15)8-14-13(2)6-7-16-9-13/h3-5,14-15H,6-9H2,1-2H3. The molecule has 1 aliphatic heterocycles. The SMILES string of the molecule is Cc1cccc(CNC2(C)CCOC2)c1O. The minimum absolute atomic E-state index is 0.0518. The Labute approximate surface area is 96.4 Å². The molecule has 3 heteroatoms. The zero-order chi connectivity index (χ0) is 11.6. The average Bonchev–Trinajstić information content (AvgIpc) is 2.68. The summed E-state index contributed by atoms with van der Waals surface area (Å²) in [6.07, 6.45) is 1.03. The number of aromatic hydroxyl groups is 1. The van der Waals surface area contributed by atoms with Crippen LogP contribution in [0.5, 0.6) is 5.75 Å². The molecule has 0 saturated carbocycles. The lowest BCUT2D eigenvalue weighted by Gasteiger charge is -2.24. The average molecular weight is 221 g/mol. The van der Waals surface area contributed by atoms with E-state index in [0.29, 0.717) is 12.3 Å². The first-order chi connectivity index (χ1) is 7.61. The molecule has 1 heterocycles. The highest BCUT2D eigenvalue weighted by molar-refractivity contribution is 5.39. The van der Waals surface area contributed by atoms with Gasteiger partial charge in [-0.15, -0.1) is 0 Å². The summed E-state index contributed by atoms with van der Waals surface area (Å²) < 4.78 is 5.38. The number of benzene rings is 1. The van der Waals surface area contributed by atoms with E-state index in [1.807, 2.05) is 25.1 Å². The quantitative estimate of drug-likeness (QED) is 0.820. The molecule has 0 amide bonds. The van der Waals surface area contributed by atoms with Gasteiger partial charge in [-0.05, 0) is 25.8 Å². The molecule has 0 aromatic heterocycles. The van der Waals surface area contributed by atoms with Gasteiger partial charge in [0.05, 0.1) is 6.61 Å². The molecular weight excluding hydrogens is 202 g/mol. The van der Waals surface area contributed by atoms with Crippen LogP contribution in [0.2, 0.25) is 0 Å². The first-order valence-corrected chi connectivity index (χ1v) is 5.71. The number of rotatable bonds is 3. The number of nitrogens with one attached hydrogen (secondary N) is 1. The molecule has 2 N–H and O–H groups in total. The van der Waals surface area contributed by atoms with Crippen molar-refractivity contribution in [3.05, 3.63) is 29.3 Å². The van der Waals surface area contributed by atoms with Crippen molar-refractivity contribution in [1.29, 1.82) is 0 Å². The van der Waals surface area contributed by atoms with Gasteiger partial charge in [-0.2, -0.15) is 0 Å². The van der Waals surface area contributed by atoms with Crippen molar-refractivity contribution >= 4 is 0 Å². The van der Waals surface area contributed by atoms with E-state index in [1.165, 1.54) is 0 Å². The van der Waals surface area contributed by atoms with E-state index in [2.05, 4.69) is 12.2 Å². The Hall–Kier alpha value is -1.06. The van der Waals surface area contributed by atoms with E-state index in [1.54, 1.807) is 0 Å². The Morgan fingerprint density at radius 1 is 1.50 bits per heavy atom. The summed E-state index contributed by atoms with van der Waals surface area (Å²) in [5.74, 6) is 0.400. The van der Waals surface area contributed by atoms with Gasteiger partial charge in [-0.3, -0.25) is 0 Å². The van der Waals surface area contributed by atoms with Crippen molar-refractivity contribution in [3.63, 3.8) is 0 Å². The molecule has 1 aromatic carbocycles. The summed E-state index contributed by atoms with van der Waals surface area (Å²) in [4.78, 5) is 0. The molecule has 0 radical (unpaired) electrons. The first kappa shape index (κ1) is 11.4. The predicted octanol–water partition coefficient (Wildman–Crippen LogP) is 1.97. The summed E-state index contributed by atoms with van der Waals surface area (Å²) >= 11 is 0. The normalized spacial score (nSPS) is 24.9. The predicted molar refractivity (Wildman–Crippen MR) is 63.5 cm³/mol. The third-order valence-corrected chi connectivity index (χ3v) is 3.25. The first-order valence-electron chi connectivity index (χ1n) is 5.71. The monoisotopic (exact) mass is 221 g/mol. The molecule has 88 valence electrons. The number of hydrogen-bond donors (Lipinski definition) is 2. The number of ether oxygens (including phenoxy) is 1. The van der Waals surface area contributed by atoms with Gasteiger partial charge in [0.15, 0.2) is 0 Å². The topological polar surface area (TPSA) is 41.5 Å². The van der Waals surface area contributed by atoms with Crippen LogP contribution in [-0.2, 0) is 11.3 Å². The van der Waals surface area contributed by atoms with Crippen molar-refractivity contribution < 1.29 is 9.84 Å². The molecule has 1 aromatic rings. The van der Waals surface area contributed by atoms with Gasteiger partial charge in [0.25, 0.3) is 0 Å². The minimum Gasteiger partial charge on any atom is -0.507 e.